The van der Waals surface area contributed by atoms with Gasteiger partial charge in [0, 0.05) is 19.3 Å². The lowest BCUT2D eigenvalue weighted by Gasteiger charge is -2.40. The predicted molar refractivity (Wildman–Crippen MR) is 312 cm³/mol. The fourth-order valence-electron chi connectivity index (χ4n) is 8.29. The molecule has 0 aromatic rings. The van der Waals surface area contributed by atoms with Gasteiger partial charge < -0.3 is 39.0 Å². The van der Waals surface area contributed by atoms with Gasteiger partial charge in [0.2, 0.25) is 0 Å². The van der Waals surface area contributed by atoms with Gasteiger partial charge in [0.15, 0.2) is 24.6 Å². The van der Waals surface area contributed by atoms with Gasteiger partial charge in [0.1, 0.15) is 18.8 Å². The number of aliphatic carboxylic acids is 1. The molecule has 0 saturated carbocycles. The molecule has 6 unspecified atom stereocenters. The molecule has 1 heterocycles. The average Bonchev–Trinajstić information content (AvgIpc) is 3.42. The molecule has 0 radical (unpaired) electrons. The molecule has 0 amide bonds. The predicted octanol–water partition coefficient (Wildman–Crippen LogP) is 15.4. The molecule has 0 aromatic heterocycles. The first-order chi connectivity index (χ1) is 37.6. The molecule has 0 bridgehead atoms. The van der Waals surface area contributed by atoms with Crippen LogP contribution in [0.15, 0.2) is 109 Å². The monoisotopic (exact) mass is 1080 g/mol. The lowest BCUT2D eigenvalue weighted by Crippen LogP contribution is -2.61. The highest BCUT2D eigenvalue weighted by Gasteiger charge is 2.50. The maximum atomic E-state index is 13.2. The Morgan fingerprint density at radius 2 is 0.831 bits per heavy atom. The second kappa shape index (κ2) is 52.1. The number of aliphatic hydroxyl groups is 2. The Kier molecular flexibility index (Phi) is 47.6. The molecule has 6 atom stereocenters. The second-order valence-corrected chi connectivity index (χ2v) is 19.9. The minimum Gasteiger partial charge on any atom is -0.479 e. The number of esters is 3. The maximum absolute atomic E-state index is 13.2. The van der Waals surface area contributed by atoms with Crippen molar-refractivity contribution in [3.8, 4) is 0 Å². The molecule has 1 aliphatic heterocycles. The molecule has 77 heavy (non-hydrogen) atoms. The van der Waals surface area contributed by atoms with Crippen LogP contribution in [0.25, 0.3) is 0 Å². The van der Waals surface area contributed by atoms with Crippen LogP contribution in [0.4, 0.5) is 0 Å². The number of aliphatic hydroxyl groups excluding tert-OH is 2. The topological polar surface area (TPSA) is 175 Å². The summed E-state index contributed by atoms with van der Waals surface area (Å²) >= 11 is 0. The van der Waals surface area contributed by atoms with Gasteiger partial charge in [0.05, 0.1) is 6.61 Å². The maximum Gasteiger partial charge on any atom is 0.335 e. The number of carbonyl (C=O) groups is 4. The quantitative estimate of drug-likeness (QED) is 0.0228. The van der Waals surface area contributed by atoms with Crippen LogP contribution in [-0.4, -0.2) is 89.2 Å². The summed E-state index contributed by atoms with van der Waals surface area (Å²) in [6.07, 6.45) is 57.7. The number of carboxylic acid groups (broad SMARTS) is 1. The highest BCUT2D eigenvalue weighted by atomic mass is 16.7. The van der Waals surface area contributed by atoms with Crippen LogP contribution in [0.5, 0.6) is 0 Å². The van der Waals surface area contributed by atoms with Crippen molar-refractivity contribution in [3.63, 3.8) is 0 Å². The van der Waals surface area contributed by atoms with Gasteiger partial charge in [-0.15, -0.1) is 0 Å². The first kappa shape index (κ1) is 70.4. The van der Waals surface area contributed by atoms with Crippen molar-refractivity contribution in [1.29, 1.82) is 0 Å². The molecule has 1 aliphatic rings. The second-order valence-electron chi connectivity index (χ2n) is 19.9. The summed E-state index contributed by atoms with van der Waals surface area (Å²) < 4.78 is 28.4. The highest BCUT2D eigenvalue weighted by Crippen LogP contribution is 2.26. The van der Waals surface area contributed by atoms with E-state index in [-0.39, 0.29) is 25.9 Å². The summed E-state index contributed by atoms with van der Waals surface area (Å²) in [5, 5.41) is 31.5. The molecule has 0 aliphatic carbocycles. The lowest BCUT2D eigenvalue weighted by molar-refractivity contribution is -0.301. The summed E-state index contributed by atoms with van der Waals surface area (Å²) in [6, 6.07) is 0. The van der Waals surface area contributed by atoms with E-state index in [1.807, 2.05) is 6.08 Å². The Morgan fingerprint density at radius 3 is 1.30 bits per heavy atom. The fourth-order valence-corrected chi connectivity index (χ4v) is 8.29. The van der Waals surface area contributed by atoms with Crippen LogP contribution in [0.3, 0.4) is 0 Å². The SMILES string of the molecule is CC/C=C\C/C=C\C/C=C\C/C=C\C/C=C\CCCC(=O)OCC(COC1OC(C(=O)O)C(O)C(O)C1OC(=O)CCCCCCC/C=C\CCCCCC)OC(=O)CCCCCCCCC/C=C\C/C=C\C/C=C\CC. The van der Waals surface area contributed by atoms with Crippen LogP contribution in [0.1, 0.15) is 226 Å². The molecule has 12 heteroatoms. The smallest absolute Gasteiger partial charge is 0.335 e. The van der Waals surface area contributed by atoms with Gasteiger partial charge in [-0.3, -0.25) is 14.4 Å². The molecule has 12 nitrogen and oxygen atoms in total. The Hall–Kier alpha value is -4.62. The van der Waals surface area contributed by atoms with E-state index in [4.69, 9.17) is 23.7 Å². The Bertz CT molecular complexity index is 1750. The third-order valence-electron chi connectivity index (χ3n) is 12.8. The van der Waals surface area contributed by atoms with Crippen LogP contribution >= 0.6 is 0 Å². The van der Waals surface area contributed by atoms with E-state index in [0.717, 1.165) is 135 Å². The number of hydrogen-bond donors (Lipinski definition) is 3. The van der Waals surface area contributed by atoms with E-state index in [1.54, 1.807) is 0 Å². The van der Waals surface area contributed by atoms with Crippen molar-refractivity contribution in [1.82, 2.24) is 0 Å². The zero-order chi connectivity index (χ0) is 56.1. The van der Waals surface area contributed by atoms with E-state index in [0.29, 0.717) is 25.7 Å². The largest absolute Gasteiger partial charge is 0.479 e. The number of rotatable bonds is 49. The minimum absolute atomic E-state index is 0.0387. The molecule has 1 rings (SSSR count). The lowest BCUT2D eigenvalue weighted by atomic mass is 9.98. The molecule has 3 N–H and O–H groups in total. The van der Waals surface area contributed by atoms with Crippen molar-refractivity contribution >= 4 is 23.9 Å². The number of carboxylic acids is 1. The van der Waals surface area contributed by atoms with Crippen LogP contribution in [0.2, 0.25) is 0 Å². The number of hydrogen-bond acceptors (Lipinski definition) is 11. The van der Waals surface area contributed by atoms with E-state index >= 15 is 0 Å². The summed E-state index contributed by atoms with van der Waals surface area (Å²) in [4.78, 5) is 51.1. The number of ether oxygens (including phenoxy) is 5. The van der Waals surface area contributed by atoms with E-state index in [1.165, 1.54) is 25.7 Å². The van der Waals surface area contributed by atoms with Gasteiger partial charge in [0.25, 0.3) is 0 Å². The fraction of sp³-hybridized carbons (Fsp3) is 0.662. The van der Waals surface area contributed by atoms with E-state index in [9.17, 15) is 34.5 Å². The first-order valence-electron chi connectivity index (χ1n) is 29.9. The van der Waals surface area contributed by atoms with Crippen molar-refractivity contribution in [2.24, 2.45) is 0 Å². The van der Waals surface area contributed by atoms with Crippen LogP contribution in [-0.2, 0) is 42.9 Å². The van der Waals surface area contributed by atoms with Crippen LogP contribution in [0, 0.1) is 0 Å². The summed E-state index contributed by atoms with van der Waals surface area (Å²) in [5.74, 6) is -3.23. The minimum atomic E-state index is -1.92. The van der Waals surface area contributed by atoms with E-state index in [2.05, 4.69) is 124 Å². The van der Waals surface area contributed by atoms with Crippen molar-refractivity contribution < 1.29 is 58.2 Å². The standard InChI is InChI=1S/C65H104O12/c1-4-7-10-13-16-19-22-25-27-29-31-34-36-39-42-45-48-51-57(66)73-54-56(75-58(67)52-49-46-43-40-38-35-32-30-28-26-23-20-17-14-11-8-5-2)55-74-65-63(61(70)60(69)62(77-65)64(71)72)76-59(68)53-50-47-44-41-37-33-24-21-18-15-12-9-6-3/h7-8,10-11,16-17,19-21,24-28,31,34,39,42,56,60-63,65,69-70H,4-6,9,12-15,18,22-23,29-30,32-33,35-38,40-41,43-55H2,1-3H3,(H,71,72)/b10-7-,11-8-,19-16-,20-17-,24-21-,27-25-,28-26-,34-31-,42-39-. The molecule has 436 valence electrons. The normalized spacial score (nSPS) is 18.8. The van der Waals surface area contributed by atoms with Gasteiger partial charge in [-0.2, -0.15) is 0 Å². The first-order valence-corrected chi connectivity index (χ1v) is 29.9. The van der Waals surface area contributed by atoms with Gasteiger partial charge in [-0.25, -0.2) is 4.79 Å². The van der Waals surface area contributed by atoms with Crippen LogP contribution < -0.4 is 0 Å². The molecular formula is C65H104O12. The van der Waals surface area contributed by atoms with Gasteiger partial charge in [-0.05, 0) is 116 Å². The summed E-state index contributed by atoms with van der Waals surface area (Å²) in [6.45, 7) is 5.68. The third-order valence-corrected chi connectivity index (χ3v) is 12.8. The summed E-state index contributed by atoms with van der Waals surface area (Å²) in [5.41, 5.74) is 0. The average molecular weight is 1080 g/mol. The Morgan fingerprint density at radius 1 is 0.442 bits per heavy atom. The molecule has 1 fully saturated rings. The Balaban J connectivity index is 2.75. The molecule has 1 saturated heterocycles. The number of carbonyl (C=O) groups excluding carboxylic acids is 3. The highest BCUT2D eigenvalue weighted by molar-refractivity contribution is 5.74. The van der Waals surface area contributed by atoms with Gasteiger partial charge >= 0.3 is 23.9 Å². The zero-order valence-corrected chi connectivity index (χ0v) is 47.9. The van der Waals surface area contributed by atoms with Crippen molar-refractivity contribution in [2.45, 2.75) is 263 Å². The third kappa shape index (κ3) is 42.1. The molecule has 0 spiro atoms. The van der Waals surface area contributed by atoms with Crippen molar-refractivity contribution in [2.75, 3.05) is 13.2 Å². The molecule has 0 aromatic carbocycles. The van der Waals surface area contributed by atoms with Crippen molar-refractivity contribution in [3.05, 3.63) is 109 Å². The number of unbranched alkanes of at least 4 members (excludes halogenated alkanes) is 17. The van der Waals surface area contributed by atoms with E-state index < -0.39 is 67.3 Å². The molecular weight excluding hydrogens is 973 g/mol. The van der Waals surface area contributed by atoms with Gasteiger partial charge in [-0.1, -0.05) is 201 Å². The Labute approximate surface area is 465 Å². The number of allylic oxidation sites excluding steroid dienone is 18. The zero-order valence-electron chi connectivity index (χ0n) is 47.9. The summed E-state index contributed by atoms with van der Waals surface area (Å²) in [7, 11) is 0.